The number of hydrogen-bond acceptors (Lipinski definition) is 4. The fourth-order valence-corrected chi connectivity index (χ4v) is 2.29. The molecule has 1 unspecified atom stereocenters. The van der Waals surface area contributed by atoms with Crippen molar-refractivity contribution in [1.82, 2.24) is 20.4 Å². The van der Waals surface area contributed by atoms with Crippen molar-refractivity contribution < 1.29 is 0 Å². The van der Waals surface area contributed by atoms with Gasteiger partial charge in [0.15, 0.2) is 0 Å². The Bertz CT molecular complexity index is 520. The second-order valence-electron chi connectivity index (χ2n) is 4.66. The maximum absolute atomic E-state index is 5.67. The van der Waals surface area contributed by atoms with Crippen LogP contribution in [0.4, 0.5) is 0 Å². The van der Waals surface area contributed by atoms with Gasteiger partial charge in [-0.3, -0.25) is 11.3 Å². The van der Waals surface area contributed by atoms with Crippen molar-refractivity contribution in [3.63, 3.8) is 0 Å². The minimum Gasteiger partial charge on any atom is -0.271 e. The molecule has 3 N–H and O–H groups in total. The Morgan fingerprint density at radius 2 is 2.16 bits per heavy atom. The molecule has 1 aromatic carbocycles. The average Bonchev–Trinajstić information content (AvgIpc) is 2.90. The van der Waals surface area contributed by atoms with E-state index in [1.165, 1.54) is 11.1 Å². The lowest BCUT2D eigenvalue weighted by molar-refractivity contribution is 0.464. The van der Waals surface area contributed by atoms with Gasteiger partial charge in [0, 0.05) is 6.54 Å². The van der Waals surface area contributed by atoms with Crippen LogP contribution in [-0.2, 0) is 13.0 Å². The van der Waals surface area contributed by atoms with Gasteiger partial charge in [0.25, 0.3) is 0 Å². The lowest BCUT2D eigenvalue weighted by Gasteiger charge is -2.16. The van der Waals surface area contributed by atoms with Crippen molar-refractivity contribution in [2.24, 2.45) is 5.84 Å². The van der Waals surface area contributed by atoms with Crippen LogP contribution in [0.5, 0.6) is 0 Å². The molecule has 1 aromatic heterocycles. The fourth-order valence-electron chi connectivity index (χ4n) is 2.29. The third kappa shape index (κ3) is 3.19. The summed E-state index contributed by atoms with van der Waals surface area (Å²) in [6, 6.07) is 8.52. The average molecular weight is 259 g/mol. The summed E-state index contributed by atoms with van der Waals surface area (Å²) in [6.45, 7) is 4.99. The highest BCUT2D eigenvalue weighted by Gasteiger charge is 2.15. The van der Waals surface area contributed by atoms with E-state index in [1.807, 2.05) is 11.6 Å². The van der Waals surface area contributed by atoms with Crippen LogP contribution < -0.4 is 11.3 Å². The molecule has 2 rings (SSSR count). The molecule has 0 aliphatic heterocycles. The molecule has 102 valence electrons. The fraction of sp³-hybridized carbons (Fsp3) is 0.429. The van der Waals surface area contributed by atoms with E-state index in [0.717, 1.165) is 25.1 Å². The summed E-state index contributed by atoms with van der Waals surface area (Å²) in [5.41, 5.74) is 6.59. The first-order valence-corrected chi connectivity index (χ1v) is 6.65. The lowest BCUT2D eigenvalue weighted by Crippen LogP contribution is -2.30. The maximum atomic E-state index is 5.67. The van der Waals surface area contributed by atoms with Crippen LogP contribution in [0, 0.1) is 6.92 Å². The van der Waals surface area contributed by atoms with Crippen LogP contribution >= 0.6 is 0 Å². The van der Waals surface area contributed by atoms with E-state index in [9.17, 15) is 0 Å². The predicted octanol–water partition coefficient (Wildman–Crippen LogP) is 1.74. The summed E-state index contributed by atoms with van der Waals surface area (Å²) in [5, 5.41) is 8.00. The van der Waals surface area contributed by atoms with Crippen molar-refractivity contribution in [3.05, 3.63) is 47.3 Å². The van der Waals surface area contributed by atoms with Crippen LogP contribution in [0.15, 0.2) is 30.5 Å². The number of nitrogens with one attached hydrogen (secondary N) is 1. The third-order valence-electron chi connectivity index (χ3n) is 3.47. The first kappa shape index (κ1) is 13.7. The number of aromatic nitrogens is 3. The number of benzene rings is 1. The van der Waals surface area contributed by atoms with E-state index < -0.39 is 0 Å². The second kappa shape index (κ2) is 6.45. The molecule has 1 heterocycles. The topological polar surface area (TPSA) is 68.8 Å². The second-order valence-corrected chi connectivity index (χ2v) is 4.66. The quantitative estimate of drug-likeness (QED) is 0.612. The van der Waals surface area contributed by atoms with Crippen molar-refractivity contribution >= 4 is 0 Å². The summed E-state index contributed by atoms with van der Waals surface area (Å²) < 4.78 is 1.88. The summed E-state index contributed by atoms with van der Waals surface area (Å²) >= 11 is 0. The monoisotopic (exact) mass is 259 g/mol. The number of aryl methyl sites for hydroxylation is 3. The Kier molecular flexibility index (Phi) is 4.65. The molecular weight excluding hydrogens is 238 g/mol. The Labute approximate surface area is 113 Å². The largest absolute Gasteiger partial charge is 0.271 e. The Morgan fingerprint density at radius 1 is 1.37 bits per heavy atom. The van der Waals surface area contributed by atoms with Gasteiger partial charge >= 0.3 is 0 Å². The molecule has 5 nitrogen and oxygen atoms in total. The zero-order chi connectivity index (χ0) is 13.7. The van der Waals surface area contributed by atoms with Crippen molar-refractivity contribution in [2.45, 2.75) is 39.3 Å². The van der Waals surface area contributed by atoms with Gasteiger partial charge in [0.1, 0.15) is 0 Å². The van der Waals surface area contributed by atoms with E-state index >= 15 is 0 Å². The van der Waals surface area contributed by atoms with E-state index in [4.69, 9.17) is 5.84 Å². The minimum atomic E-state index is 0.0783. The number of hydrazine groups is 1. The van der Waals surface area contributed by atoms with Crippen LogP contribution in [0.3, 0.4) is 0 Å². The van der Waals surface area contributed by atoms with Crippen molar-refractivity contribution in [1.29, 1.82) is 0 Å². The molecule has 0 amide bonds. The Hall–Kier alpha value is -1.72. The van der Waals surface area contributed by atoms with E-state index in [1.54, 1.807) is 6.20 Å². The van der Waals surface area contributed by atoms with Crippen LogP contribution in [0.25, 0.3) is 0 Å². The highest BCUT2D eigenvalue weighted by Crippen LogP contribution is 2.19. The van der Waals surface area contributed by atoms with Crippen molar-refractivity contribution in [2.75, 3.05) is 0 Å². The summed E-state index contributed by atoms with van der Waals surface area (Å²) in [5.74, 6) is 5.67. The van der Waals surface area contributed by atoms with Gasteiger partial charge in [-0.25, -0.2) is 4.68 Å². The number of nitrogens with two attached hydrogens (primary N) is 1. The molecule has 1 atom stereocenters. The molecule has 19 heavy (non-hydrogen) atoms. The van der Waals surface area contributed by atoms with Gasteiger partial charge in [-0.05, 0) is 37.8 Å². The SMILES string of the molecule is CCn1nncc1C(CCc1ccccc1C)NN. The summed E-state index contributed by atoms with van der Waals surface area (Å²) in [6.07, 6.45) is 3.69. The molecule has 2 aromatic rings. The molecule has 0 fully saturated rings. The number of hydrogen-bond donors (Lipinski definition) is 2. The van der Waals surface area contributed by atoms with Gasteiger partial charge in [-0.15, -0.1) is 5.10 Å². The molecule has 0 bridgehead atoms. The van der Waals surface area contributed by atoms with E-state index in [-0.39, 0.29) is 6.04 Å². The highest BCUT2D eigenvalue weighted by molar-refractivity contribution is 5.25. The zero-order valence-corrected chi connectivity index (χ0v) is 11.5. The molecule has 0 radical (unpaired) electrons. The molecule has 0 aliphatic rings. The van der Waals surface area contributed by atoms with Crippen LogP contribution in [0.2, 0.25) is 0 Å². The minimum absolute atomic E-state index is 0.0783. The van der Waals surface area contributed by atoms with Gasteiger partial charge in [-0.2, -0.15) is 0 Å². The van der Waals surface area contributed by atoms with Crippen molar-refractivity contribution in [3.8, 4) is 0 Å². The highest BCUT2D eigenvalue weighted by atomic mass is 15.4. The lowest BCUT2D eigenvalue weighted by atomic mass is 10.00. The summed E-state index contributed by atoms with van der Waals surface area (Å²) in [4.78, 5) is 0. The predicted molar refractivity (Wildman–Crippen MR) is 75.3 cm³/mol. The van der Waals surface area contributed by atoms with Gasteiger partial charge < -0.3 is 0 Å². The first-order valence-electron chi connectivity index (χ1n) is 6.65. The summed E-state index contributed by atoms with van der Waals surface area (Å²) in [7, 11) is 0. The molecule has 0 saturated heterocycles. The zero-order valence-electron chi connectivity index (χ0n) is 11.5. The third-order valence-corrected chi connectivity index (χ3v) is 3.47. The molecule has 0 aliphatic carbocycles. The Morgan fingerprint density at radius 3 is 2.84 bits per heavy atom. The van der Waals surface area contributed by atoms with E-state index in [2.05, 4.69) is 46.9 Å². The number of nitrogens with zero attached hydrogens (tertiary/aromatic N) is 3. The first-order chi connectivity index (χ1) is 9.26. The molecule has 5 heteroatoms. The normalized spacial score (nSPS) is 12.6. The number of rotatable bonds is 6. The van der Waals surface area contributed by atoms with Gasteiger partial charge in [0.05, 0.1) is 17.9 Å². The van der Waals surface area contributed by atoms with E-state index in [0.29, 0.717) is 0 Å². The van der Waals surface area contributed by atoms with Gasteiger partial charge in [0.2, 0.25) is 0 Å². The maximum Gasteiger partial charge on any atom is 0.0770 e. The molecule has 0 saturated carbocycles. The standard InChI is InChI=1S/C14H21N5/c1-3-19-14(10-16-18-19)13(17-15)9-8-12-7-5-4-6-11(12)2/h4-7,10,13,17H,3,8-9,15H2,1-2H3. The smallest absolute Gasteiger partial charge is 0.0770 e. The van der Waals surface area contributed by atoms with Gasteiger partial charge in [-0.1, -0.05) is 29.5 Å². The van der Waals surface area contributed by atoms with Crippen LogP contribution in [0.1, 0.15) is 36.2 Å². The Balaban J connectivity index is 2.06. The van der Waals surface area contributed by atoms with Crippen LogP contribution in [-0.4, -0.2) is 15.0 Å². The molecular formula is C14H21N5. The molecule has 0 spiro atoms.